The van der Waals surface area contributed by atoms with Gasteiger partial charge in [-0.1, -0.05) is 60.7 Å². The van der Waals surface area contributed by atoms with Gasteiger partial charge in [0.05, 0.1) is 5.56 Å². The summed E-state index contributed by atoms with van der Waals surface area (Å²) in [5.41, 5.74) is 5.47. The summed E-state index contributed by atoms with van der Waals surface area (Å²) in [6.07, 6.45) is 0. The van der Waals surface area contributed by atoms with Gasteiger partial charge in [0.1, 0.15) is 19.0 Å². The third kappa shape index (κ3) is 4.56. The lowest BCUT2D eigenvalue weighted by atomic mass is 9.98. The molecule has 3 heteroatoms. The molecule has 3 rings (SSSR count). The molecule has 0 N–H and O–H groups in total. The van der Waals surface area contributed by atoms with E-state index in [-0.39, 0.29) is 12.6 Å². The van der Waals surface area contributed by atoms with Crippen LogP contribution in [-0.2, 0) is 18.0 Å². The first-order valence-electron chi connectivity index (χ1n) is 9.05. The van der Waals surface area contributed by atoms with Crippen LogP contribution in [0.2, 0.25) is 0 Å². The van der Waals surface area contributed by atoms with Crippen molar-refractivity contribution in [1.29, 1.82) is 0 Å². The highest BCUT2D eigenvalue weighted by Gasteiger charge is 2.17. The van der Waals surface area contributed by atoms with Gasteiger partial charge < -0.3 is 9.47 Å². The van der Waals surface area contributed by atoms with Crippen LogP contribution in [-0.4, -0.2) is 5.97 Å². The smallest absolute Gasteiger partial charge is 0.338 e. The van der Waals surface area contributed by atoms with E-state index < -0.39 is 0 Å². The minimum Gasteiger partial charge on any atom is -0.488 e. The molecule has 3 nitrogen and oxygen atoms in total. The van der Waals surface area contributed by atoms with E-state index in [1.165, 1.54) is 0 Å². The highest BCUT2D eigenvalue weighted by Crippen LogP contribution is 2.30. The molecule has 0 saturated carbocycles. The maximum Gasteiger partial charge on any atom is 0.338 e. The summed E-state index contributed by atoms with van der Waals surface area (Å²) >= 11 is 0. The van der Waals surface area contributed by atoms with E-state index in [9.17, 15) is 4.79 Å². The largest absolute Gasteiger partial charge is 0.488 e. The van der Waals surface area contributed by atoms with Crippen molar-refractivity contribution in [3.8, 4) is 5.75 Å². The van der Waals surface area contributed by atoms with Crippen molar-refractivity contribution in [2.45, 2.75) is 34.0 Å². The Kier molecular flexibility index (Phi) is 5.92. The first-order chi connectivity index (χ1) is 13.1. The number of hydrogen-bond donors (Lipinski definition) is 0. The Morgan fingerprint density at radius 1 is 0.778 bits per heavy atom. The van der Waals surface area contributed by atoms with Crippen molar-refractivity contribution in [1.82, 2.24) is 0 Å². The number of esters is 1. The highest BCUT2D eigenvalue weighted by atomic mass is 16.5. The van der Waals surface area contributed by atoms with Crippen LogP contribution in [0.15, 0.2) is 66.7 Å². The fourth-order valence-corrected chi connectivity index (χ4v) is 3.02. The quantitative estimate of drug-likeness (QED) is 0.541. The molecule has 138 valence electrons. The van der Waals surface area contributed by atoms with Crippen LogP contribution >= 0.6 is 0 Å². The second-order valence-electron chi connectivity index (χ2n) is 6.66. The number of carbonyl (C=O) groups excluding carboxylic acids is 1. The van der Waals surface area contributed by atoms with Crippen LogP contribution in [0.3, 0.4) is 0 Å². The molecular weight excluding hydrogens is 336 g/mol. The van der Waals surface area contributed by atoms with Crippen LogP contribution in [0.4, 0.5) is 0 Å². The molecule has 0 saturated heterocycles. The SMILES string of the molecule is Cc1cc(C(=O)OCc2ccccc2)c(C)c(C)c1OCc1ccccc1. The summed E-state index contributed by atoms with van der Waals surface area (Å²) in [7, 11) is 0. The van der Waals surface area contributed by atoms with Crippen LogP contribution < -0.4 is 4.74 Å². The summed E-state index contributed by atoms with van der Waals surface area (Å²) in [6.45, 7) is 6.64. The van der Waals surface area contributed by atoms with Crippen molar-refractivity contribution in [3.63, 3.8) is 0 Å². The molecule has 0 atom stereocenters. The second-order valence-corrected chi connectivity index (χ2v) is 6.66. The molecule has 0 heterocycles. The molecule has 0 fully saturated rings. The minimum atomic E-state index is -0.308. The maximum absolute atomic E-state index is 12.6. The number of aryl methyl sites for hydroxylation is 1. The van der Waals surface area contributed by atoms with Crippen molar-refractivity contribution in [3.05, 3.63) is 100 Å². The zero-order chi connectivity index (χ0) is 19.2. The molecule has 3 aromatic rings. The zero-order valence-corrected chi connectivity index (χ0v) is 16.0. The standard InChI is InChI=1S/C24H24O3/c1-17-14-22(24(25)27-16-21-12-8-5-9-13-21)18(2)19(3)23(17)26-15-20-10-6-4-7-11-20/h4-14H,15-16H2,1-3H3. The van der Waals surface area contributed by atoms with Crippen molar-refractivity contribution in [2.24, 2.45) is 0 Å². The summed E-state index contributed by atoms with van der Waals surface area (Å²) < 4.78 is 11.5. The van der Waals surface area contributed by atoms with E-state index >= 15 is 0 Å². The summed E-state index contributed by atoms with van der Waals surface area (Å²) in [5, 5.41) is 0. The van der Waals surface area contributed by atoms with E-state index in [4.69, 9.17) is 9.47 Å². The van der Waals surface area contributed by atoms with E-state index in [1.807, 2.05) is 87.5 Å². The van der Waals surface area contributed by atoms with Gasteiger partial charge in [-0.3, -0.25) is 0 Å². The molecule has 0 aliphatic carbocycles. The van der Waals surface area contributed by atoms with Crippen LogP contribution in [0.25, 0.3) is 0 Å². The molecule has 0 aromatic heterocycles. The predicted molar refractivity (Wildman–Crippen MR) is 107 cm³/mol. The molecule has 27 heavy (non-hydrogen) atoms. The molecular formula is C24H24O3. The molecule has 0 amide bonds. The monoisotopic (exact) mass is 360 g/mol. The first kappa shape index (κ1) is 18.7. The molecule has 0 unspecified atom stereocenters. The number of hydrogen-bond acceptors (Lipinski definition) is 3. The Morgan fingerprint density at radius 2 is 1.33 bits per heavy atom. The average Bonchev–Trinajstić information content (AvgIpc) is 2.70. The Morgan fingerprint density at radius 3 is 1.93 bits per heavy atom. The fourth-order valence-electron chi connectivity index (χ4n) is 3.02. The summed E-state index contributed by atoms with van der Waals surface area (Å²) in [6, 6.07) is 21.6. The maximum atomic E-state index is 12.6. The van der Waals surface area contributed by atoms with Crippen molar-refractivity contribution >= 4 is 5.97 Å². The molecule has 0 radical (unpaired) electrons. The number of rotatable bonds is 6. The van der Waals surface area contributed by atoms with E-state index in [1.54, 1.807) is 0 Å². The van der Waals surface area contributed by atoms with Crippen LogP contribution in [0, 0.1) is 20.8 Å². The number of carbonyl (C=O) groups is 1. The van der Waals surface area contributed by atoms with Gasteiger partial charge in [-0.15, -0.1) is 0 Å². The van der Waals surface area contributed by atoms with Gasteiger partial charge in [0, 0.05) is 0 Å². The predicted octanol–water partition coefficient (Wildman–Crippen LogP) is 5.55. The van der Waals surface area contributed by atoms with Crippen LogP contribution in [0.5, 0.6) is 5.75 Å². The van der Waals surface area contributed by atoms with Crippen molar-refractivity contribution < 1.29 is 14.3 Å². The minimum absolute atomic E-state index is 0.267. The van der Waals surface area contributed by atoms with Gasteiger partial charge >= 0.3 is 5.97 Å². The topological polar surface area (TPSA) is 35.5 Å². The van der Waals surface area contributed by atoms with Gasteiger partial charge in [-0.05, 0) is 54.7 Å². The normalized spacial score (nSPS) is 10.5. The number of ether oxygens (including phenoxy) is 2. The third-order valence-corrected chi connectivity index (χ3v) is 4.68. The van der Waals surface area contributed by atoms with Crippen LogP contribution in [0.1, 0.15) is 38.2 Å². The Hall–Kier alpha value is -3.07. The lowest BCUT2D eigenvalue weighted by molar-refractivity contribution is 0.0471. The lowest BCUT2D eigenvalue weighted by Crippen LogP contribution is -2.10. The van der Waals surface area contributed by atoms with Gasteiger partial charge in [0.15, 0.2) is 0 Å². The van der Waals surface area contributed by atoms with E-state index in [2.05, 4.69) is 0 Å². The van der Waals surface area contributed by atoms with Gasteiger partial charge in [-0.25, -0.2) is 4.79 Å². The highest BCUT2D eigenvalue weighted by molar-refractivity contribution is 5.92. The van der Waals surface area contributed by atoms with Gasteiger partial charge in [-0.2, -0.15) is 0 Å². The Bertz CT molecular complexity index is 915. The fraction of sp³-hybridized carbons (Fsp3) is 0.208. The number of benzene rings is 3. The van der Waals surface area contributed by atoms with Gasteiger partial charge in [0.2, 0.25) is 0 Å². The molecule has 0 bridgehead atoms. The Balaban J connectivity index is 1.74. The molecule has 0 aliphatic heterocycles. The van der Waals surface area contributed by atoms with E-state index in [0.717, 1.165) is 33.6 Å². The van der Waals surface area contributed by atoms with Crippen molar-refractivity contribution in [2.75, 3.05) is 0 Å². The molecule has 3 aromatic carbocycles. The Labute approximate surface area is 160 Å². The van der Waals surface area contributed by atoms with Gasteiger partial charge in [0.25, 0.3) is 0 Å². The third-order valence-electron chi connectivity index (χ3n) is 4.68. The lowest BCUT2D eigenvalue weighted by Gasteiger charge is -2.17. The summed E-state index contributed by atoms with van der Waals surface area (Å²) in [5.74, 6) is 0.521. The second kappa shape index (κ2) is 8.54. The van der Waals surface area contributed by atoms with E-state index in [0.29, 0.717) is 12.2 Å². The zero-order valence-electron chi connectivity index (χ0n) is 16.0. The molecule has 0 aliphatic rings. The summed E-state index contributed by atoms with van der Waals surface area (Å²) in [4.78, 5) is 12.6. The molecule has 0 spiro atoms. The first-order valence-corrected chi connectivity index (χ1v) is 9.05. The average molecular weight is 360 g/mol.